The first-order chi connectivity index (χ1) is 7.61. The highest BCUT2D eigenvalue weighted by atomic mass is 35.5. The van der Waals surface area contributed by atoms with Crippen LogP contribution in [0.3, 0.4) is 0 Å². The predicted molar refractivity (Wildman–Crippen MR) is 64.0 cm³/mol. The largest absolute Gasteiger partial charge is 0.495 e. The molecule has 88 valence electrons. The fourth-order valence-corrected chi connectivity index (χ4v) is 2.55. The molecule has 0 atom stereocenters. The molecule has 1 aliphatic carbocycles. The second-order valence-electron chi connectivity index (χ2n) is 4.40. The molecule has 2 rings (SSSR count). The lowest BCUT2D eigenvalue weighted by Crippen LogP contribution is -2.49. The van der Waals surface area contributed by atoms with E-state index < -0.39 is 0 Å². The van der Waals surface area contributed by atoms with E-state index in [0.29, 0.717) is 30.2 Å². The van der Waals surface area contributed by atoms with E-state index in [4.69, 9.17) is 22.1 Å². The first kappa shape index (κ1) is 11.7. The molecule has 1 fully saturated rings. The highest BCUT2D eigenvalue weighted by molar-refractivity contribution is 6.32. The Bertz CT molecular complexity index is 389. The van der Waals surface area contributed by atoms with Gasteiger partial charge in [0.05, 0.1) is 18.2 Å². The van der Waals surface area contributed by atoms with E-state index in [9.17, 15) is 5.11 Å². The van der Waals surface area contributed by atoms with Gasteiger partial charge in [-0.3, -0.25) is 0 Å². The summed E-state index contributed by atoms with van der Waals surface area (Å²) >= 11 is 5.97. The van der Waals surface area contributed by atoms with Crippen molar-refractivity contribution in [3.63, 3.8) is 0 Å². The summed E-state index contributed by atoms with van der Waals surface area (Å²) in [5.41, 5.74) is 6.81. The second kappa shape index (κ2) is 4.24. The lowest BCUT2D eigenvalue weighted by Gasteiger charge is -2.45. The molecule has 1 aliphatic rings. The molecule has 0 spiro atoms. The van der Waals surface area contributed by atoms with Crippen molar-refractivity contribution < 1.29 is 9.84 Å². The Morgan fingerprint density at radius 2 is 2.25 bits per heavy atom. The fraction of sp³-hybridized carbons (Fsp3) is 0.500. The molecule has 0 aromatic heterocycles. The molecule has 3 nitrogen and oxygen atoms in total. The van der Waals surface area contributed by atoms with Gasteiger partial charge in [-0.15, -0.1) is 0 Å². The number of benzene rings is 1. The molecular formula is C12H16ClNO2. The molecular weight excluding hydrogens is 226 g/mol. The van der Waals surface area contributed by atoms with Crippen LogP contribution >= 0.6 is 11.6 Å². The lowest BCUT2D eigenvalue weighted by atomic mass is 9.63. The van der Waals surface area contributed by atoms with Crippen LogP contribution in [0.1, 0.15) is 18.4 Å². The van der Waals surface area contributed by atoms with Gasteiger partial charge < -0.3 is 15.6 Å². The second-order valence-corrected chi connectivity index (χ2v) is 4.80. The van der Waals surface area contributed by atoms with Gasteiger partial charge in [-0.2, -0.15) is 0 Å². The van der Waals surface area contributed by atoms with Crippen LogP contribution in [0.25, 0.3) is 0 Å². The third-order valence-corrected chi connectivity index (χ3v) is 3.72. The summed E-state index contributed by atoms with van der Waals surface area (Å²) in [6, 6.07) is 5.70. The van der Waals surface area contributed by atoms with Gasteiger partial charge in [-0.1, -0.05) is 17.7 Å². The molecule has 0 radical (unpaired) electrons. The van der Waals surface area contributed by atoms with Crippen molar-refractivity contribution in [2.45, 2.75) is 24.4 Å². The molecule has 0 aliphatic heterocycles. The summed E-state index contributed by atoms with van der Waals surface area (Å²) < 4.78 is 5.19. The topological polar surface area (TPSA) is 55.5 Å². The Morgan fingerprint density at radius 1 is 1.56 bits per heavy atom. The number of aliphatic hydroxyl groups excluding tert-OH is 1. The molecule has 0 heterocycles. The van der Waals surface area contributed by atoms with Gasteiger partial charge in [0.15, 0.2) is 0 Å². The van der Waals surface area contributed by atoms with Crippen molar-refractivity contribution in [1.82, 2.24) is 0 Å². The minimum absolute atomic E-state index is 0.0999. The minimum atomic E-state index is -0.231. The number of halogens is 1. The van der Waals surface area contributed by atoms with E-state index in [2.05, 4.69) is 0 Å². The zero-order chi connectivity index (χ0) is 11.8. The zero-order valence-corrected chi connectivity index (χ0v) is 10.00. The van der Waals surface area contributed by atoms with Crippen molar-refractivity contribution >= 4 is 11.6 Å². The maximum Gasteiger partial charge on any atom is 0.137 e. The predicted octanol–water partition coefficient (Wildman–Crippen LogP) is 1.70. The van der Waals surface area contributed by atoms with Crippen molar-refractivity contribution in [3.05, 3.63) is 28.8 Å². The van der Waals surface area contributed by atoms with E-state index in [1.807, 2.05) is 18.2 Å². The van der Waals surface area contributed by atoms with Crippen molar-refractivity contribution in [3.8, 4) is 5.75 Å². The van der Waals surface area contributed by atoms with E-state index in [-0.39, 0.29) is 11.5 Å². The Kier molecular flexibility index (Phi) is 3.10. The highest BCUT2D eigenvalue weighted by Gasteiger charge is 2.43. The Morgan fingerprint density at radius 3 is 2.75 bits per heavy atom. The molecule has 1 aromatic carbocycles. The number of ether oxygens (including phenoxy) is 1. The molecule has 0 amide bonds. The highest BCUT2D eigenvalue weighted by Crippen LogP contribution is 2.44. The van der Waals surface area contributed by atoms with Crippen LogP contribution < -0.4 is 10.5 Å². The molecule has 4 heteroatoms. The third kappa shape index (κ3) is 1.79. The first-order valence-electron chi connectivity index (χ1n) is 5.33. The van der Waals surface area contributed by atoms with Crippen LogP contribution in [0, 0.1) is 0 Å². The normalized spacial score (nSPS) is 28.6. The molecule has 1 saturated carbocycles. The average molecular weight is 242 g/mol. The first-order valence-corrected chi connectivity index (χ1v) is 5.71. The van der Waals surface area contributed by atoms with E-state index in [0.717, 1.165) is 5.56 Å². The van der Waals surface area contributed by atoms with Gasteiger partial charge in [0.25, 0.3) is 0 Å². The smallest absolute Gasteiger partial charge is 0.137 e. The van der Waals surface area contributed by atoms with Crippen molar-refractivity contribution in [1.29, 1.82) is 0 Å². The molecule has 1 aromatic rings. The fourth-order valence-electron chi connectivity index (χ4n) is 2.35. The summed E-state index contributed by atoms with van der Waals surface area (Å²) in [7, 11) is 1.59. The Hall–Kier alpha value is -0.770. The van der Waals surface area contributed by atoms with E-state index in [1.165, 1.54) is 0 Å². The van der Waals surface area contributed by atoms with Crippen LogP contribution in [0.15, 0.2) is 18.2 Å². The summed E-state index contributed by atoms with van der Waals surface area (Å²) in [5, 5.41) is 10.0. The Balaban J connectivity index is 2.33. The van der Waals surface area contributed by atoms with Gasteiger partial charge in [-0.25, -0.2) is 0 Å². The average Bonchev–Trinajstić information content (AvgIpc) is 2.25. The number of methoxy groups -OCH3 is 1. The summed E-state index contributed by atoms with van der Waals surface area (Å²) in [4.78, 5) is 0. The Labute approximate surface area is 100 Å². The van der Waals surface area contributed by atoms with E-state index >= 15 is 0 Å². The summed E-state index contributed by atoms with van der Waals surface area (Å²) in [5.74, 6) is 0.661. The van der Waals surface area contributed by atoms with E-state index in [1.54, 1.807) is 7.11 Å². The lowest BCUT2D eigenvalue weighted by molar-refractivity contribution is 0.0221. The number of nitrogens with two attached hydrogens (primary N) is 1. The zero-order valence-electron chi connectivity index (χ0n) is 9.24. The number of aliphatic hydroxyl groups is 1. The number of hydrogen-bond acceptors (Lipinski definition) is 3. The SMILES string of the molecule is COc1cc(C2(CN)CC(O)C2)ccc1Cl. The summed E-state index contributed by atoms with van der Waals surface area (Å²) in [6.45, 7) is 0.537. The van der Waals surface area contributed by atoms with Crippen molar-refractivity contribution in [2.75, 3.05) is 13.7 Å². The quantitative estimate of drug-likeness (QED) is 0.847. The standard InChI is InChI=1S/C12H16ClNO2/c1-16-11-4-8(2-3-10(11)13)12(7-14)5-9(15)6-12/h2-4,9,15H,5-7,14H2,1H3. The van der Waals surface area contributed by atoms with Gasteiger partial charge in [0.1, 0.15) is 5.75 Å². The number of hydrogen-bond donors (Lipinski definition) is 2. The molecule has 0 saturated heterocycles. The summed E-state index contributed by atoms with van der Waals surface area (Å²) in [6.07, 6.45) is 1.20. The van der Waals surface area contributed by atoms with Crippen LogP contribution in [0.5, 0.6) is 5.75 Å². The van der Waals surface area contributed by atoms with Gasteiger partial charge in [0.2, 0.25) is 0 Å². The van der Waals surface area contributed by atoms with Gasteiger partial charge in [-0.05, 0) is 30.5 Å². The van der Waals surface area contributed by atoms with Crippen LogP contribution in [-0.4, -0.2) is 24.9 Å². The van der Waals surface area contributed by atoms with Gasteiger partial charge >= 0.3 is 0 Å². The van der Waals surface area contributed by atoms with Crippen LogP contribution in [-0.2, 0) is 5.41 Å². The van der Waals surface area contributed by atoms with Crippen LogP contribution in [0.2, 0.25) is 5.02 Å². The monoisotopic (exact) mass is 241 g/mol. The molecule has 0 unspecified atom stereocenters. The number of rotatable bonds is 3. The molecule has 0 bridgehead atoms. The maximum absolute atomic E-state index is 9.44. The third-order valence-electron chi connectivity index (χ3n) is 3.41. The van der Waals surface area contributed by atoms with Crippen LogP contribution in [0.4, 0.5) is 0 Å². The molecule has 3 N–H and O–H groups in total. The van der Waals surface area contributed by atoms with Gasteiger partial charge in [0, 0.05) is 12.0 Å². The maximum atomic E-state index is 9.44. The van der Waals surface area contributed by atoms with Crippen molar-refractivity contribution in [2.24, 2.45) is 5.73 Å². The molecule has 16 heavy (non-hydrogen) atoms. The minimum Gasteiger partial charge on any atom is -0.495 e.